The van der Waals surface area contributed by atoms with Gasteiger partial charge in [-0.3, -0.25) is 14.4 Å². The van der Waals surface area contributed by atoms with E-state index in [9.17, 15) is 14.4 Å². The Balaban J connectivity index is 4.53. The third-order valence-corrected chi connectivity index (χ3v) is 8.81. The number of hydrogen-bond donors (Lipinski definition) is 0. The van der Waals surface area contributed by atoms with E-state index in [-0.39, 0.29) is 37.5 Å². The number of allylic oxidation sites excluding steroid dienone is 20. The standard InChI is InChI=1S/C52H80O6/c1-4-7-10-13-16-19-22-23-24-25-26-27-28-31-33-36-39-42-45-51(54)57-48-49(58-52(55)46-43-40-37-34-30-21-18-15-12-9-6-3)47-56-50(53)44-41-38-35-32-29-20-17-14-11-8-5-2/h9-10,12-14,16-27,29,34,37,49H,4-8,11,15,28,30-33,35-36,38-48H2,1-3H3/b12-9-,13-10-,17-14-,19-16-,21-18-,23-22-,25-24-,27-26-,29-20-,37-34-. The van der Waals surface area contributed by atoms with Crippen LogP contribution >= 0.6 is 0 Å². The highest BCUT2D eigenvalue weighted by Gasteiger charge is 2.19. The lowest BCUT2D eigenvalue weighted by atomic mass is 10.1. The van der Waals surface area contributed by atoms with Gasteiger partial charge in [-0.05, 0) is 83.5 Å². The van der Waals surface area contributed by atoms with E-state index in [4.69, 9.17) is 14.2 Å². The van der Waals surface area contributed by atoms with E-state index >= 15 is 0 Å². The fourth-order valence-electron chi connectivity index (χ4n) is 5.41. The van der Waals surface area contributed by atoms with Gasteiger partial charge >= 0.3 is 17.9 Å². The first-order valence-corrected chi connectivity index (χ1v) is 22.6. The zero-order valence-electron chi connectivity index (χ0n) is 36.8. The molecule has 6 heteroatoms. The van der Waals surface area contributed by atoms with Crippen LogP contribution < -0.4 is 0 Å². The summed E-state index contributed by atoms with van der Waals surface area (Å²) in [5.74, 6) is -1.05. The molecule has 1 atom stereocenters. The Labute approximate surface area is 354 Å². The minimum atomic E-state index is -0.827. The van der Waals surface area contributed by atoms with Gasteiger partial charge in [-0.1, -0.05) is 187 Å². The second-order valence-electron chi connectivity index (χ2n) is 14.4. The molecular formula is C52H80O6. The number of carbonyl (C=O) groups is 3. The van der Waals surface area contributed by atoms with Crippen LogP contribution in [0.3, 0.4) is 0 Å². The van der Waals surface area contributed by atoms with Gasteiger partial charge in [-0.2, -0.15) is 0 Å². The average Bonchev–Trinajstić information content (AvgIpc) is 3.22. The molecule has 0 aliphatic carbocycles. The van der Waals surface area contributed by atoms with Crippen molar-refractivity contribution >= 4 is 17.9 Å². The topological polar surface area (TPSA) is 78.9 Å². The highest BCUT2D eigenvalue weighted by Crippen LogP contribution is 2.11. The molecule has 0 aromatic carbocycles. The lowest BCUT2D eigenvalue weighted by Gasteiger charge is -2.18. The lowest BCUT2D eigenvalue weighted by Crippen LogP contribution is -2.30. The van der Waals surface area contributed by atoms with Gasteiger partial charge in [0.2, 0.25) is 0 Å². The molecule has 0 aliphatic rings. The van der Waals surface area contributed by atoms with Gasteiger partial charge in [-0.25, -0.2) is 0 Å². The molecule has 58 heavy (non-hydrogen) atoms. The van der Waals surface area contributed by atoms with Gasteiger partial charge in [0.25, 0.3) is 0 Å². The van der Waals surface area contributed by atoms with Crippen LogP contribution in [0.25, 0.3) is 0 Å². The zero-order valence-corrected chi connectivity index (χ0v) is 36.8. The first-order valence-electron chi connectivity index (χ1n) is 22.6. The quantitative estimate of drug-likeness (QED) is 0.0203. The SMILES string of the molecule is CC/C=C\C/C=C\C/C=C\CCCC(=O)OC(COC(=O)CCCCC/C=C\C=C/CCCC)COC(=O)CCCCCCC\C=C/C=C\C=C/C=C\C=C/CCC. The maximum absolute atomic E-state index is 12.7. The minimum Gasteiger partial charge on any atom is -0.462 e. The molecule has 0 spiro atoms. The van der Waals surface area contributed by atoms with Crippen molar-refractivity contribution in [2.45, 2.75) is 175 Å². The summed E-state index contributed by atoms with van der Waals surface area (Å²) in [6, 6.07) is 0. The Bertz CT molecular complexity index is 1290. The van der Waals surface area contributed by atoms with Crippen molar-refractivity contribution in [1.82, 2.24) is 0 Å². The summed E-state index contributed by atoms with van der Waals surface area (Å²) in [4.78, 5) is 37.7. The molecule has 0 aromatic rings. The van der Waals surface area contributed by atoms with Crippen LogP contribution in [0.1, 0.15) is 168 Å². The van der Waals surface area contributed by atoms with E-state index in [1.165, 1.54) is 19.3 Å². The Kier molecular flexibility index (Phi) is 42.2. The molecule has 0 rings (SSSR count). The summed E-state index contributed by atoms with van der Waals surface area (Å²) < 4.78 is 16.6. The zero-order chi connectivity index (χ0) is 42.3. The number of hydrogen-bond acceptors (Lipinski definition) is 6. The van der Waals surface area contributed by atoms with Crippen molar-refractivity contribution in [3.8, 4) is 0 Å². The maximum Gasteiger partial charge on any atom is 0.306 e. The molecule has 0 aromatic heterocycles. The van der Waals surface area contributed by atoms with Crippen LogP contribution in [-0.2, 0) is 28.6 Å². The molecule has 0 aliphatic heterocycles. The van der Waals surface area contributed by atoms with E-state index in [1.54, 1.807) is 0 Å². The summed E-state index contributed by atoms with van der Waals surface area (Å²) in [5, 5.41) is 0. The maximum atomic E-state index is 12.7. The molecule has 6 nitrogen and oxygen atoms in total. The van der Waals surface area contributed by atoms with Crippen molar-refractivity contribution in [2.24, 2.45) is 0 Å². The number of esters is 3. The summed E-state index contributed by atoms with van der Waals surface area (Å²) >= 11 is 0. The molecule has 0 fully saturated rings. The van der Waals surface area contributed by atoms with E-state index in [0.717, 1.165) is 103 Å². The van der Waals surface area contributed by atoms with Crippen LogP contribution in [0.2, 0.25) is 0 Å². The highest BCUT2D eigenvalue weighted by atomic mass is 16.6. The van der Waals surface area contributed by atoms with Crippen molar-refractivity contribution in [3.05, 3.63) is 122 Å². The molecule has 0 N–H and O–H groups in total. The normalized spacial score (nSPS) is 13.2. The van der Waals surface area contributed by atoms with Gasteiger partial charge < -0.3 is 14.2 Å². The molecule has 0 radical (unpaired) electrons. The fourth-order valence-corrected chi connectivity index (χ4v) is 5.41. The van der Waals surface area contributed by atoms with E-state index in [2.05, 4.69) is 106 Å². The highest BCUT2D eigenvalue weighted by molar-refractivity contribution is 5.71. The predicted octanol–water partition coefficient (Wildman–Crippen LogP) is 14.6. The molecule has 0 saturated carbocycles. The van der Waals surface area contributed by atoms with E-state index < -0.39 is 6.10 Å². The molecule has 0 amide bonds. The summed E-state index contributed by atoms with van der Waals surface area (Å²) in [6.07, 6.45) is 61.9. The van der Waals surface area contributed by atoms with Crippen molar-refractivity contribution in [3.63, 3.8) is 0 Å². The first-order chi connectivity index (χ1) is 28.5. The van der Waals surface area contributed by atoms with Crippen molar-refractivity contribution in [1.29, 1.82) is 0 Å². The Morgan fingerprint density at radius 1 is 0.379 bits per heavy atom. The average molecular weight is 801 g/mol. The largest absolute Gasteiger partial charge is 0.462 e. The van der Waals surface area contributed by atoms with Crippen molar-refractivity contribution < 1.29 is 28.6 Å². The number of carbonyl (C=O) groups excluding carboxylic acids is 3. The van der Waals surface area contributed by atoms with Gasteiger partial charge in [0.15, 0.2) is 6.10 Å². The van der Waals surface area contributed by atoms with E-state index in [1.807, 2.05) is 36.5 Å². The Morgan fingerprint density at radius 3 is 1.34 bits per heavy atom. The molecule has 0 bridgehead atoms. The first kappa shape index (κ1) is 53.8. The van der Waals surface area contributed by atoms with Gasteiger partial charge in [0.05, 0.1) is 0 Å². The molecule has 0 saturated heterocycles. The summed E-state index contributed by atoms with van der Waals surface area (Å²) in [6.45, 7) is 6.24. The van der Waals surface area contributed by atoms with Crippen LogP contribution in [0.5, 0.6) is 0 Å². The lowest BCUT2D eigenvalue weighted by molar-refractivity contribution is -0.167. The van der Waals surface area contributed by atoms with Crippen LogP contribution in [-0.4, -0.2) is 37.2 Å². The summed E-state index contributed by atoms with van der Waals surface area (Å²) in [5.41, 5.74) is 0. The minimum absolute atomic E-state index is 0.125. The Morgan fingerprint density at radius 2 is 0.793 bits per heavy atom. The number of rotatable bonds is 38. The second-order valence-corrected chi connectivity index (χ2v) is 14.4. The van der Waals surface area contributed by atoms with E-state index in [0.29, 0.717) is 19.3 Å². The predicted molar refractivity (Wildman–Crippen MR) is 246 cm³/mol. The molecule has 324 valence electrons. The van der Waals surface area contributed by atoms with Gasteiger partial charge in [0.1, 0.15) is 13.2 Å². The monoisotopic (exact) mass is 801 g/mol. The fraction of sp³-hybridized carbons (Fsp3) is 0.558. The Hall–Kier alpha value is -4.19. The molecule has 1 unspecified atom stereocenters. The summed E-state index contributed by atoms with van der Waals surface area (Å²) in [7, 11) is 0. The van der Waals surface area contributed by atoms with Crippen molar-refractivity contribution in [2.75, 3.05) is 13.2 Å². The third-order valence-electron chi connectivity index (χ3n) is 8.81. The molecular weight excluding hydrogens is 721 g/mol. The third kappa shape index (κ3) is 42.9. The van der Waals surface area contributed by atoms with Crippen LogP contribution in [0.4, 0.5) is 0 Å². The van der Waals surface area contributed by atoms with Gasteiger partial charge in [-0.15, -0.1) is 0 Å². The van der Waals surface area contributed by atoms with Crippen LogP contribution in [0, 0.1) is 0 Å². The smallest absolute Gasteiger partial charge is 0.306 e. The van der Waals surface area contributed by atoms with Gasteiger partial charge in [0, 0.05) is 19.3 Å². The number of ether oxygens (including phenoxy) is 3. The molecule has 0 heterocycles. The number of unbranched alkanes of at least 4 members (excludes halogenated alkanes) is 12. The second kappa shape index (κ2) is 45.5. The van der Waals surface area contributed by atoms with Crippen LogP contribution in [0.15, 0.2) is 122 Å².